The summed E-state index contributed by atoms with van der Waals surface area (Å²) in [6.07, 6.45) is 8.06. The third kappa shape index (κ3) is 1.89. The first-order valence-corrected chi connectivity index (χ1v) is 6.13. The van der Waals surface area contributed by atoms with E-state index in [-0.39, 0.29) is 5.82 Å². The van der Waals surface area contributed by atoms with E-state index in [4.69, 9.17) is 10.2 Å². The predicted octanol–water partition coefficient (Wildman–Crippen LogP) is 1.42. The van der Waals surface area contributed by atoms with Gasteiger partial charge in [-0.3, -0.25) is 0 Å². The molecule has 0 saturated heterocycles. The van der Waals surface area contributed by atoms with Crippen molar-refractivity contribution in [3.05, 3.63) is 43.3 Å². The van der Waals surface area contributed by atoms with Crippen molar-refractivity contribution in [1.82, 2.24) is 29.5 Å². The van der Waals surface area contributed by atoms with Gasteiger partial charge in [-0.2, -0.15) is 0 Å². The lowest BCUT2D eigenvalue weighted by molar-refractivity contribution is 0.577. The van der Waals surface area contributed by atoms with Gasteiger partial charge in [0.1, 0.15) is 6.33 Å². The summed E-state index contributed by atoms with van der Waals surface area (Å²) < 4.78 is 6.86. The zero-order chi connectivity index (χ0) is 14.2. The number of nitrogens with two attached hydrogens (primary N) is 1. The number of nitrogen functional groups attached to an aromatic ring is 1. The molecule has 8 nitrogen and oxygen atoms in total. The van der Waals surface area contributed by atoms with Gasteiger partial charge < -0.3 is 10.2 Å². The van der Waals surface area contributed by atoms with Crippen LogP contribution in [0.1, 0.15) is 0 Å². The molecule has 0 aliphatic rings. The maximum atomic E-state index is 5.96. The Balaban J connectivity index is 1.90. The van der Waals surface area contributed by atoms with E-state index in [2.05, 4.69) is 25.0 Å². The summed E-state index contributed by atoms with van der Waals surface area (Å²) in [5.41, 5.74) is 7.80. The first-order valence-electron chi connectivity index (χ1n) is 6.13. The maximum Gasteiger partial charge on any atom is 0.218 e. The highest BCUT2D eigenvalue weighted by atomic mass is 16.3. The highest BCUT2D eigenvalue weighted by molar-refractivity contribution is 5.68. The second kappa shape index (κ2) is 4.37. The molecular weight excluding hydrogens is 270 g/mol. The van der Waals surface area contributed by atoms with Crippen molar-refractivity contribution in [2.24, 2.45) is 0 Å². The number of rotatable bonds is 2. The summed E-state index contributed by atoms with van der Waals surface area (Å²) in [6, 6.07) is 3.56. The van der Waals surface area contributed by atoms with Crippen LogP contribution in [0.25, 0.3) is 28.5 Å². The van der Waals surface area contributed by atoms with Gasteiger partial charge in [0.05, 0.1) is 18.2 Å². The summed E-state index contributed by atoms with van der Waals surface area (Å²) in [4.78, 5) is 16.6. The second-order valence-electron chi connectivity index (χ2n) is 4.32. The molecule has 4 heterocycles. The number of aromatic nitrogens is 6. The Hall–Kier alpha value is -3.29. The van der Waals surface area contributed by atoms with Crippen molar-refractivity contribution in [2.75, 3.05) is 5.73 Å². The summed E-state index contributed by atoms with van der Waals surface area (Å²) >= 11 is 0. The molecule has 0 fully saturated rings. The SMILES string of the molecule is Nc1nc(-c2cncnc2)cn2nc(-c3ccco3)nc12. The van der Waals surface area contributed by atoms with Crippen molar-refractivity contribution in [2.45, 2.75) is 0 Å². The molecule has 0 spiro atoms. The largest absolute Gasteiger partial charge is 0.461 e. The van der Waals surface area contributed by atoms with Gasteiger partial charge in [0.25, 0.3) is 0 Å². The monoisotopic (exact) mass is 279 g/mol. The van der Waals surface area contributed by atoms with Crippen LogP contribution in [0.15, 0.2) is 47.7 Å². The van der Waals surface area contributed by atoms with Gasteiger partial charge in [-0.05, 0) is 12.1 Å². The molecule has 0 aliphatic heterocycles. The quantitative estimate of drug-likeness (QED) is 0.591. The average Bonchev–Trinajstić information content (AvgIpc) is 3.17. The number of hydrogen-bond donors (Lipinski definition) is 1. The molecule has 0 atom stereocenters. The van der Waals surface area contributed by atoms with Crippen LogP contribution < -0.4 is 5.73 Å². The van der Waals surface area contributed by atoms with Crippen molar-refractivity contribution < 1.29 is 4.42 Å². The molecule has 4 aromatic heterocycles. The molecule has 0 amide bonds. The summed E-state index contributed by atoms with van der Waals surface area (Å²) in [7, 11) is 0. The Labute approximate surface area is 118 Å². The topological polar surface area (TPSA) is 108 Å². The van der Waals surface area contributed by atoms with Crippen LogP contribution in [0.3, 0.4) is 0 Å². The van der Waals surface area contributed by atoms with E-state index in [0.717, 1.165) is 5.56 Å². The van der Waals surface area contributed by atoms with Crippen molar-refractivity contribution in [3.63, 3.8) is 0 Å². The van der Waals surface area contributed by atoms with E-state index in [1.54, 1.807) is 41.5 Å². The Morgan fingerprint density at radius 2 is 2.00 bits per heavy atom. The van der Waals surface area contributed by atoms with Crippen molar-refractivity contribution >= 4 is 11.5 Å². The first-order chi connectivity index (χ1) is 10.3. The molecule has 102 valence electrons. The number of fused-ring (bicyclic) bond motifs is 1. The fraction of sp³-hybridized carbons (Fsp3) is 0. The first kappa shape index (κ1) is 11.5. The van der Waals surface area contributed by atoms with E-state index in [9.17, 15) is 0 Å². The van der Waals surface area contributed by atoms with E-state index in [1.165, 1.54) is 6.33 Å². The normalized spacial score (nSPS) is 11.0. The molecule has 0 radical (unpaired) electrons. The Morgan fingerprint density at radius 1 is 1.14 bits per heavy atom. The number of furan rings is 1. The number of nitrogens with zero attached hydrogens (tertiary/aromatic N) is 6. The minimum Gasteiger partial charge on any atom is -0.461 e. The van der Waals surface area contributed by atoms with Crippen LogP contribution >= 0.6 is 0 Å². The molecule has 0 saturated carbocycles. The predicted molar refractivity (Wildman–Crippen MR) is 73.9 cm³/mol. The van der Waals surface area contributed by atoms with Crippen LogP contribution in [0.4, 0.5) is 5.82 Å². The smallest absolute Gasteiger partial charge is 0.218 e. The number of hydrogen-bond acceptors (Lipinski definition) is 7. The highest BCUT2D eigenvalue weighted by Crippen LogP contribution is 2.22. The molecule has 21 heavy (non-hydrogen) atoms. The van der Waals surface area contributed by atoms with E-state index < -0.39 is 0 Å². The lowest BCUT2D eigenvalue weighted by atomic mass is 10.2. The zero-order valence-electron chi connectivity index (χ0n) is 10.7. The molecule has 4 rings (SSSR count). The van der Waals surface area contributed by atoms with Crippen LogP contribution in [-0.2, 0) is 0 Å². The van der Waals surface area contributed by atoms with Gasteiger partial charge >= 0.3 is 0 Å². The molecule has 2 N–H and O–H groups in total. The lowest BCUT2D eigenvalue weighted by Gasteiger charge is -2.01. The van der Waals surface area contributed by atoms with E-state index >= 15 is 0 Å². The molecule has 0 aromatic carbocycles. The summed E-state index contributed by atoms with van der Waals surface area (Å²) in [6.45, 7) is 0. The minimum absolute atomic E-state index is 0.279. The van der Waals surface area contributed by atoms with Gasteiger partial charge in [0.2, 0.25) is 5.82 Å². The van der Waals surface area contributed by atoms with Crippen LogP contribution in [-0.4, -0.2) is 29.5 Å². The lowest BCUT2D eigenvalue weighted by Crippen LogP contribution is -2.00. The van der Waals surface area contributed by atoms with Gasteiger partial charge in [-0.15, -0.1) is 5.10 Å². The fourth-order valence-electron chi connectivity index (χ4n) is 1.99. The van der Waals surface area contributed by atoms with E-state index in [1.807, 2.05) is 0 Å². The van der Waals surface area contributed by atoms with E-state index in [0.29, 0.717) is 22.9 Å². The second-order valence-corrected chi connectivity index (χ2v) is 4.32. The minimum atomic E-state index is 0.279. The van der Waals surface area contributed by atoms with Crippen LogP contribution in [0.2, 0.25) is 0 Å². The Kier molecular flexibility index (Phi) is 2.40. The average molecular weight is 279 g/mol. The Bertz CT molecular complexity index is 899. The fourth-order valence-corrected chi connectivity index (χ4v) is 1.99. The van der Waals surface area contributed by atoms with Crippen LogP contribution in [0.5, 0.6) is 0 Å². The third-order valence-electron chi connectivity index (χ3n) is 2.94. The summed E-state index contributed by atoms with van der Waals surface area (Å²) in [5.74, 6) is 1.30. The maximum absolute atomic E-state index is 5.96. The zero-order valence-corrected chi connectivity index (χ0v) is 10.7. The van der Waals surface area contributed by atoms with Crippen LogP contribution in [0, 0.1) is 0 Å². The molecule has 4 aromatic rings. The Morgan fingerprint density at radius 3 is 2.76 bits per heavy atom. The van der Waals surface area contributed by atoms with Gasteiger partial charge in [-0.25, -0.2) is 24.5 Å². The van der Waals surface area contributed by atoms with Gasteiger partial charge in [0.15, 0.2) is 17.2 Å². The molecule has 0 aliphatic carbocycles. The standard InChI is InChI=1S/C13H9N7O/c14-11-13-18-12(10-2-1-3-21-10)19-20(13)6-9(17-11)8-4-15-7-16-5-8/h1-7H,(H2,14,17). The summed E-state index contributed by atoms with van der Waals surface area (Å²) in [5, 5.41) is 4.35. The molecule has 0 unspecified atom stereocenters. The van der Waals surface area contributed by atoms with Crippen molar-refractivity contribution in [1.29, 1.82) is 0 Å². The highest BCUT2D eigenvalue weighted by Gasteiger charge is 2.13. The third-order valence-corrected chi connectivity index (χ3v) is 2.94. The molecule has 0 bridgehead atoms. The molecule has 8 heteroatoms. The van der Waals surface area contributed by atoms with Gasteiger partial charge in [0, 0.05) is 18.0 Å². The molecular formula is C13H9N7O. The number of anilines is 1. The van der Waals surface area contributed by atoms with Gasteiger partial charge in [-0.1, -0.05) is 0 Å². The van der Waals surface area contributed by atoms with Crippen molar-refractivity contribution in [3.8, 4) is 22.8 Å².